The standard InChI is InChI=1S/C13H25N3O/c1-10(2)6-14-7-13(8-17-5)16-9-15-11(3)12(16)4/h9-10,13-14H,6-8H2,1-5H3. The molecule has 1 N–H and O–H groups in total. The van der Waals surface area contributed by atoms with Crippen molar-refractivity contribution in [3.63, 3.8) is 0 Å². The fourth-order valence-corrected chi connectivity index (χ4v) is 1.85. The second kappa shape index (κ2) is 6.77. The number of nitrogens with zero attached hydrogens (tertiary/aromatic N) is 2. The van der Waals surface area contributed by atoms with Crippen LogP contribution in [0.5, 0.6) is 0 Å². The molecule has 1 aromatic rings. The SMILES string of the molecule is COCC(CNCC(C)C)n1cnc(C)c1C. The van der Waals surface area contributed by atoms with E-state index < -0.39 is 0 Å². The van der Waals surface area contributed by atoms with Gasteiger partial charge in [-0.15, -0.1) is 0 Å². The molecular formula is C13H25N3O. The van der Waals surface area contributed by atoms with E-state index >= 15 is 0 Å². The summed E-state index contributed by atoms with van der Waals surface area (Å²) in [4.78, 5) is 4.34. The van der Waals surface area contributed by atoms with E-state index in [-0.39, 0.29) is 0 Å². The number of aryl methyl sites for hydroxylation is 1. The van der Waals surface area contributed by atoms with Crippen LogP contribution < -0.4 is 5.32 Å². The highest BCUT2D eigenvalue weighted by atomic mass is 16.5. The Kier molecular flexibility index (Phi) is 5.65. The minimum Gasteiger partial charge on any atom is -0.382 e. The van der Waals surface area contributed by atoms with Crippen LogP contribution in [-0.4, -0.2) is 36.4 Å². The highest BCUT2D eigenvalue weighted by Crippen LogP contribution is 2.13. The lowest BCUT2D eigenvalue weighted by Crippen LogP contribution is -2.31. The Balaban J connectivity index is 2.62. The van der Waals surface area contributed by atoms with E-state index in [1.807, 2.05) is 13.3 Å². The zero-order valence-corrected chi connectivity index (χ0v) is 11.7. The van der Waals surface area contributed by atoms with E-state index in [1.54, 1.807) is 7.11 Å². The molecule has 1 unspecified atom stereocenters. The van der Waals surface area contributed by atoms with Gasteiger partial charge in [0, 0.05) is 19.3 Å². The van der Waals surface area contributed by atoms with Gasteiger partial charge < -0.3 is 14.6 Å². The van der Waals surface area contributed by atoms with Crippen molar-refractivity contribution in [1.82, 2.24) is 14.9 Å². The summed E-state index contributed by atoms with van der Waals surface area (Å²) in [5.41, 5.74) is 2.31. The van der Waals surface area contributed by atoms with Crippen LogP contribution in [0.4, 0.5) is 0 Å². The Morgan fingerprint density at radius 1 is 1.35 bits per heavy atom. The van der Waals surface area contributed by atoms with E-state index in [1.165, 1.54) is 5.69 Å². The van der Waals surface area contributed by atoms with Gasteiger partial charge >= 0.3 is 0 Å². The van der Waals surface area contributed by atoms with Gasteiger partial charge in [-0.25, -0.2) is 4.98 Å². The van der Waals surface area contributed by atoms with Crippen LogP contribution in [0.2, 0.25) is 0 Å². The van der Waals surface area contributed by atoms with Crippen molar-refractivity contribution in [1.29, 1.82) is 0 Å². The molecule has 0 aromatic carbocycles. The summed E-state index contributed by atoms with van der Waals surface area (Å²) in [6.07, 6.45) is 1.91. The molecule has 0 fully saturated rings. The summed E-state index contributed by atoms with van der Waals surface area (Å²) in [6, 6.07) is 0.319. The summed E-state index contributed by atoms with van der Waals surface area (Å²) in [7, 11) is 1.74. The van der Waals surface area contributed by atoms with Gasteiger partial charge in [-0.2, -0.15) is 0 Å². The molecule has 0 amide bonds. The lowest BCUT2D eigenvalue weighted by molar-refractivity contribution is 0.152. The van der Waals surface area contributed by atoms with Gasteiger partial charge in [0.05, 0.1) is 24.7 Å². The third kappa shape index (κ3) is 4.13. The number of methoxy groups -OCH3 is 1. The minimum atomic E-state index is 0.319. The van der Waals surface area contributed by atoms with Crippen LogP contribution >= 0.6 is 0 Å². The van der Waals surface area contributed by atoms with Gasteiger partial charge in [0.2, 0.25) is 0 Å². The molecule has 0 bridgehead atoms. The zero-order valence-electron chi connectivity index (χ0n) is 11.7. The van der Waals surface area contributed by atoms with Crippen molar-refractivity contribution < 1.29 is 4.74 Å². The lowest BCUT2D eigenvalue weighted by atomic mass is 10.2. The maximum absolute atomic E-state index is 5.29. The van der Waals surface area contributed by atoms with E-state index in [9.17, 15) is 0 Å². The Labute approximate surface area is 104 Å². The molecule has 1 atom stereocenters. The van der Waals surface area contributed by atoms with E-state index in [2.05, 4.69) is 35.6 Å². The number of hydrogen-bond acceptors (Lipinski definition) is 3. The van der Waals surface area contributed by atoms with Gasteiger partial charge in [0.15, 0.2) is 0 Å². The van der Waals surface area contributed by atoms with Gasteiger partial charge in [-0.05, 0) is 26.3 Å². The minimum absolute atomic E-state index is 0.319. The molecule has 0 saturated heterocycles. The first-order chi connectivity index (χ1) is 8.06. The van der Waals surface area contributed by atoms with Gasteiger partial charge in [0.1, 0.15) is 0 Å². The van der Waals surface area contributed by atoms with E-state index in [4.69, 9.17) is 4.74 Å². The maximum atomic E-state index is 5.29. The predicted octanol–water partition coefficient (Wildman–Crippen LogP) is 1.93. The average molecular weight is 239 g/mol. The second-order valence-electron chi connectivity index (χ2n) is 4.98. The molecule has 1 heterocycles. The molecule has 0 spiro atoms. The summed E-state index contributed by atoms with van der Waals surface area (Å²) in [5.74, 6) is 0.670. The van der Waals surface area contributed by atoms with E-state index in [0.29, 0.717) is 18.6 Å². The number of imidazole rings is 1. The highest BCUT2D eigenvalue weighted by Gasteiger charge is 2.14. The first-order valence-corrected chi connectivity index (χ1v) is 6.26. The summed E-state index contributed by atoms with van der Waals surface area (Å²) in [6.45, 7) is 11.2. The number of ether oxygens (including phenoxy) is 1. The van der Waals surface area contributed by atoms with Gasteiger partial charge in [-0.1, -0.05) is 13.8 Å². The summed E-state index contributed by atoms with van der Waals surface area (Å²) in [5, 5.41) is 3.48. The summed E-state index contributed by atoms with van der Waals surface area (Å²) < 4.78 is 7.49. The molecule has 1 rings (SSSR count). The molecule has 17 heavy (non-hydrogen) atoms. The second-order valence-corrected chi connectivity index (χ2v) is 4.98. The van der Waals surface area contributed by atoms with Crippen molar-refractivity contribution in [3.8, 4) is 0 Å². The Bertz CT molecular complexity index is 333. The van der Waals surface area contributed by atoms with Crippen LogP contribution in [-0.2, 0) is 4.74 Å². The first-order valence-electron chi connectivity index (χ1n) is 6.26. The van der Waals surface area contributed by atoms with Crippen LogP contribution in [0.1, 0.15) is 31.3 Å². The Morgan fingerprint density at radius 3 is 2.53 bits per heavy atom. The van der Waals surface area contributed by atoms with Gasteiger partial charge in [0.25, 0.3) is 0 Å². The highest BCUT2D eigenvalue weighted by molar-refractivity contribution is 5.10. The molecule has 4 nitrogen and oxygen atoms in total. The third-order valence-electron chi connectivity index (χ3n) is 2.97. The molecule has 1 aromatic heterocycles. The monoisotopic (exact) mass is 239 g/mol. The number of aromatic nitrogens is 2. The fourth-order valence-electron chi connectivity index (χ4n) is 1.85. The molecule has 0 aliphatic rings. The van der Waals surface area contributed by atoms with E-state index in [0.717, 1.165) is 18.8 Å². The predicted molar refractivity (Wildman–Crippen MR) is 70.3 cm³/mol. The van der Waals surface area contributed by atoms with Crippen molar-refractivity contribution in [2.45, 2.75) is 33.7 Å². The lowest BCUT2D eigenvalue weighted by Gasteiger charge is -2.20. The number of hydrogen-bond donors (Lipinski definition) is 1. The van der Waals surface area contributed by atoms with Crippen LogP contribution in [0.25, 0.3) is 0 Å². The molecule has 4 heteroatoms. The topological polar surface area (TPSA) is 39.1 Å². The summed E-state index contributed by atoms with van der Waals surface area (Å²) >= 11 is 0. The largest absolute Gasteiger partial charge is 0.382 e. The van der Waals surface area contributed by atoms with Crippen LogP contribution in [0, 0.1) is 19.8 Å². The quantitative estimate of drug-likeness (QED) is 0.790. The molecular weight excluding hydrogens is 214 g/mol. The molecule has 0 aliphatic heterocycles. The first kappa shape index (κ1) is 14.2. The Morgan fingerprint density at radius 2 is 2.06 bits per heavy atom. The number of nitrogens with one attached hydrogen (secondary N) is 1. The zero-order chi connectivity index (χ0) is 12.8. The van der Waals surface area contributed by atoms with Crippen molar-refractivity contribution >= 4 is 0 Å². The number of rotatable bonds is 7. The van der Waals surface area contributed by atoms with Crippen molar-refractivity contribution in [3.05, 3.63) is 17.7 Å². The van der Waals surface area contributed by atoms with Crippen LogP contribution in [0.3, 0.4) is 0 Å². The third-order valence-corrected chi connectivity index (χ3v) is 2.97. The smallest absolute Gasteiger partial charge is 0.0955 e. The van der Waals surface area contributed by atoms with Gasteiger partial charge in [-0.3, -0.25) is 0 Å². The van der Waals surface area contributed by atoms with Crippen LogP contribution in [0.15, 0.2) is 6.33 Å². The maximum Gasteiger partial charge on any atom is 0.0955 e. The molecule has 0 aliphatic carbocycles. The molecule has 98 valence electrons. The normalized spacial score (nSPS) is 13.3. The van der Waals surface area contributed by atoms with Crippen molar-refractivity contribution in [2.24, 2.45) is 5.92 Å². The molecule has 0 radical (unpaired) electrons. The average Bonchev–Trinajstić information content (AvgIpc) is 2.58. The Hall–Kier alpha value is -0.870. The fraction of sp³-hybridized carbons (Fsp3) is 0.769. The van der Waals surface area contributed by atoms with Crippen molar-refractivity contribution in [2.75, 3.05) is 26.8 Å². The molecule has 0 saturated carbocycles.